The van der Waals surface area contributed by atoms with Gasteiger partial charge in [-0.1, -0.05) is 65.7 Å². The Bertz CT molecular complexity index is 1200. The van der Waals surface area contributed by atoms with E-state index in [-0.39, 0.29) is 21.8 Å². The van der Waals surface area contributed by atoms with E-state index in [1.165, 1.54) is 17.3 Å². The van der Waals surface area contributed by atoms with Gasteiger partial charge in [0.1, 0.15) is 10.9 Å². The number of methoxy groups -OCH3 is 1. The second-order valence-corrected chi connectivity index (χ2v) is 7.98. The minimum Gasteiger partial charge on any atom is -0.497 e. The first-order valence-electron chi connectivity index (χ1n) is 10.0. The fraction of sp³-hybridized carbons (Fsp3) is 0.167. The molecule has 3 aromatic rings. The van der Waals surface area contributed by atoms with E-state index in [1.807, 2.05) is 54.6 Å². The maximum Gasteiger partial charge on any atom is 0.340 e. The summed E-state index contributed by atoms with van der Waals surface area (Å²) >= 11 is 11.7. The van der Waals surface area contributed by atoms with Gasteiger partial charge in [0.2, 0.25) is 0 Å². The van der Waals surface area contributed by atoms with Gasteiger partial charge in [-0.15, -0.1) is 0 Å². The van der Waals surface area contributed by atoms with Crippen LogP contribution in [0, 0.1) is 0 Å². The Morgan fingerprint density at radius 3 is 2.48 bits per heavy atom. The molecule has 7 nitrogen and oxygen atoms in total. The standard InChI is InChI=1S/C24H19Cl2N3O4/c1-32-18-9-7-16(8-10-18)21-12-20(15-5-3-2-4-6-15)28-29(21)22(30)14-33-24(31)17-11-19(25)23(26)27-13-17/h2-11,13,21H,12,14H2,1H3/t21-/m1/s1. The first kappa shape index (κ1) is 22.8. The average molecular weight is 484 g/mol. The van der Waals surface area contributed by atoms with E-state index in [2.05, 4.69) is 10.1 Å². The molecule has 0 saturated carbocycles. The number of carbonyl (C=O) groups excluding carboxylic acids is 2. The lowest BCUT2D eigenvalue weighted by Gasteiger charge is -2.22. The molecule has 1 aliphatic rings. The summed E-state index contributed by atoms with van der Waals surface area (Å²) in [4.78, 5) is 29.2. The molecule has 2 aromatic carbocycles. The van der Waals surface area contributed by atoms with Crippen LogP contribution in [0.5, 0.6) is 5.75 Å². The predicted octanol–water partition coefficient (Wildman–Crippen LogP) is 4.93. The number of ether oxygens (including phenoxy) is 2. The van der Waals surface area contributed by atoms with E-state index in [0.717, 1.165) is 16.8 Å². The monoisotopic (exact) mass is 483 g/mol. The summed E-state index contributed by atoms with van der Waals surface area (Å²) < 4.78 is 10.4. The molecule has 1 aliphatic heterocycles. The van der Waals surface area contributed by atoms with Gasteiger partial charge < -0.3 is 9.47 Å². The number of esters is 1. The van der Waals surface area contributed by atoms with Gasteiger partial charge in [0.25, 0.3) is 5.91 Å². The molecule has 0 fully saturated rings. The highest BCUT2D eigenvalue weighted by atomic mass is 35.5. The van der Waals surface area contributed by atoms with Crippen LogP contribution in [0.15, 0.2) is 72.0 Å². The summed E-state index contributed by atoms with van der Waals surface area (Å²) in [5.41, 5.74) is 2.67. The number of rotatable bonds is 6. The lowest BCUT2D eigenvalue weighted by Crippen LogP contribution is -2.31. The third-order valence-electron chi connectivity index (χ3n) is 5.13. The van der Waals surface area contributed by atoms with Crippen molar-refractivity contribution in [3.8, 4) is 5.75 Å². The van der Waals surface area contributed by atoms with Gasteiger partial charge >= 0.3 is 5.97 Å². The summed E-state index contributed by atoms with van der Waals surface area (Å²) in [6, 6.07) is 18.1. The number of carbonyl (C=O) groups is 2. The maximum atomic E-state index is 13.0. The zero-order valence-electron chi connectivity index (χ0n) is 17.6. The van der Waals surface area contributed by atoms with Crippen molar-refractivity contribution >= 4 is 40.8 Å². The summed E-state index contributed by atoms with van der Waals surface area (Å²) in [5, 5.41) is 6.12. The highest BCUT2D eigenvalue weighted by molar-refractivity contribution is 6.41. The normalized spacial score (nSPS) is 15.2. The van der Waals surface area contributed by atoms with Gasteiger partial charge in [-0.3, -0.25) is 4.79 Å². The van der Waals surface area contributed by atoms with Gasteiger partial charge in [-0.25, -0.2) is 14.8 Å². The van der Waals surface area contributed by atoms with Crippen molar-refractivity contribution in [1.82, 2.24) is 9.99 Å². The van der Waals surface area contributed by atoms with Crippen LogP contribution in [-0.2, 0) is 9.53 Å². The first-order valence-corrected chi connectivity index (χ1v) is 10.8. The van der Waals surface area contributed by atoms with Crippen LogP contribution in [0.1, 0.15) is 33.9 Å². The van der Waals surface area contributed by atoms with E-state index < -0.39 is 18.5 Å². The van der Waals surface area contributed by atoms with Crippen molar-refractivity contribution in [3.05, 3.63) is 93.7 Å². The van der Waals surface area contributed by atoms with Crippen LogP contribution >= 0.6 is 23.2 Å². The number of nitrogens with zero attached hydrogens (tertiary/aromatic N) is 3. The fourth-order valence-corrected chi connectivity index (χ4v) is 3.71. The zero-order chi connectivity index (χ0) is 23.4. The van der Waals surface area contributed by atoms with Crippen molar-refractivity contribution in [2.75, 3.05) is 13.7 Å². The maximum absolute atomic E-state index is 13.0. The van der Waals surface area contributed by atoms with Gasteiger partial charge in [-0.05, 0) is 29.3 Å². The van der Waals surface area contributed by atoms with Crippen molar-refractivity contribution in [1.29, 1.82) is 0 Å². The lowest BCUT2D eigenvalue weighted by atomic mass is 9.98. The minimum absolute atomic E-state index is 0.0754. The van der Waals surface area contributed by atoms with Gasteiger partial charge in [0.05, 0.1) is 29.4 Å². The zero-order valence-corrected chi connectivity index (χ0v) is 19.1. The number of pyridine rings is 1. The van der Waals surface area contributed by atoms with Gasteiger partial charge in [0, 0.05) is 12.6 Å². The third kappa shape index (κ3) is 5.16. The average Bonchev–Trinajstić information content (AvgIpc) is 3.30. The molecule has 0 bridgehead atoms. The van der Waals surface area contributed by atoms with E-state index in [9.17, 15) is 9.59 Å². The van der Waals surface area contributed by atoms with Crippen LogP contribution in [-0.4, -0.2) is 41.3 Å². The molecule has 0 spiro atoms. The Kier molecular flexibility index (Phi) is 6.91. The molecule has 1 aromatic heterocycles. The molecular weight excluding hydrogens is 465 g/mol. The number of hydrogen-bond donors (Lipinski definition) is 0. The van der Waals surface area contributed by atoms with Gasteiger partial charge in [0.15, 0.2) is 6.61 Å². The molecule has 168 valence electrons. The fourth-order valence-electron chi connectivity index (χ4n) is 3.44. The molecule has 0 unspecified atom stereocenters. The van der Waals surface area contributed by atoms with E-state index >= 15 is 0 Å². The van der Waals surface area contributed by atoms with Crippen molar-refractivity contribution in [2.45, 2.75) is 12.5 Å². The molecular formula is C24H19Cl2N3O4. The Morgan fingerprint density at radius 2 is 1.82 bits per heavy atom. The number of halogens is 2. The second-order valence-electron chi connectivity index (χ2n) is 7.22. The van der Waals surface area contributed by atoms with Crippen LogP contribution in [0.25, 0.3) is 0 Å². The first-order chi connectivity index (χ1) is 16.0. The number of hydrazone groups is 1. The SMILES string of the molecule is COc1ccc([C@H]2CC(c3ccccc3)=NN2C(=O)COC(=O)c2cnc(Cl)c(Cl)c2)cc1. The van der Waals surface area contributed by atoms with Crippen molar-refractivity contribution in [3.63, 3.8) is 0 Å². The summed E-state index contributed by atoms with van der Waals surface area (Å²) in [5.74, 6) is -0.479. The Morgan fingerprint density at radius 1 is 1.09 bits per heavy atom. The smallest absolute Gasteiger partial charge is 0.340 e. The number of hydrogen-bond acceptors (Lipinski definition) is 6. The molecule has 0 N–H and O–H groups in total. The van der Waals surface area contributed by atoms with E-state index in [0.29, 0.717) is 12.2 Å². The molecule has 4 rings (SSSR count). The van der Waals surface area contributed by atoms with Crippen molar-refractivity contribution in [2.24, 2.45) is 5.10 Å². The van der Waals surface area contributed by atoms with Crippen LogP contribution in [0.4, 0.5) is 0 Å². The number of benzene rings is 2. The van der Waals surface area contributed by atoms with Crippen LogP contribution in [0.2, 0.25) is 10.2 Å². The predicted molar refractivity (Wildman–Crippen MR) is 125 cm³/mol. The highest BCUT2D eigenvalue weighted by Crippen LogP contribution is 2.33. The molecule has 0 saturated heterocycles. The van der Waals surface area contributed by atoms with E-state index in [4.69, 9.17) is 32.7 Å². The third-order valence-corrected chi connectivity index (χ3v) is 5.82. The molecule has 1 atom stereocenters. The van der Waals surface area contributed by atoms with Crippen LogP contribution < -0.4 is 4.74 Å². The lowest BCUT2D eigenvalue weighted by molar-refractivity contribution is -0.136. The Balaban J connectivity index is 1.53. The van der Waals surface area contributed by atoms with Gasteiger partial charge in [-0.2, -0.15) is 5.10 Å². The molecule has 2 heterocycles. The second kappa shape index (κ2) is 10.0. The Hall–Kier alpha value is -3.42. The topological polar surface area (TPSA) is 81.1 Å². The quantitative estimate of drug-likeness (QED) is 0.366. The molecule has 9 heteroatoms. The summed E-state index contributed by atoms with van der Waals surface area (Å²) in [6.45, 7) is -0.489. The largest absolute Gasteiger partial charge is 0.497 e. The summed E-state index contributed by atoms with van der Waals surface area (Å²) in [7, 11) is 1.59. The molecule has 0 aliphatic carbocycles. The minimum atomic E-state index is -0.734. The number of amides is 1. The summed E-state index contributed by atoms with van der Waals surface area (Å²) in [6.07, 6.45) is 1.76. The molecule has 1 amide bonds. The molecule has 0 radical (unpaired) electrons. The van der Waals surface area contributed by atoms with Crippen LogP contribution in [0.3, 0.4) is 0 Å². The Labute approximate surface area is 200 Å². The number of aromatic nitrogens is 1. The highest BCUT2D eigenvalue weighted by Gasteiger charge is 2.33. The van der Waals surface area contributed by atoms with E-state index in [1.54, 1.807) is 7.11 Å². The van der Waals surface area contributed by atoms with Crippen molar-refractivity contribution < 1.29 is 19.1 Å². The molecule has 33 heavy (non-hydrogen) atoms.